The lowest BCUT2D eigenvalue weighted by Gasteiger charge is -2.23. The van der Waals surface area contributed by atoms with Crippen LogP contribution in [-0.2, 0) is 12.8 Å². The summed E-state index contributed by atoms with van der Waals surface area (Å²) in [5.74, 6) is 7.38. The van der Waals surface area contributed by atoms with Crippen molar-refractivity contribution in [3.8, 4) is 57.6 Å². The maximum Gasteiger partial charge on any atom is 0.231 e. The molecule has 0 N–H and O–H groups in total. The van der Waals surface area contributed by atoms with Crippen LogP contribution in [0, 0.1) is 6.92 Å². The van der Waals surface area contributed by atoms with Crippen molar-refractivity contribution in [2.75, 3.05) is 52.7 Å². The first-order chi connectivity index (χ1) is 32.2. The molecule has 16 nitrogen and oxygen atoms in total. The minimum atomic E-state index is 0.240. The maximum atomic E-state index is 6.31. The maximum absolute atomic E-state index is 6.31. The van der Waals surface area contributed by atoms with Gasteiger partial charge in [-0.3, -0.25) is 0 Å². The average molecular weight is 907 g/mol. The van der Waals surface area contributed by atoms with Gasteiger partial charge in [0, 0.05) is 68.7 Å². The molecule has 4 aromatic carbocycles. The van der Waals surface area contributed by atoms with Gasteiger partial charge in [-0.1, -0.05) is 23.7 Å². The molecule has 66 heavy (non-hydrogen) atoms. The largest absolute Gasteiger partial charge is 0.454 e. The number of nitrogens with zero attached hydrogens (tertiary/aromatic N) is 10. The highest BCUT2D eigenvalue weighted by Crippen LogP contribution is 2.35. The van der Waals surface area contributed by atoms with Gasteiger partial charge >= 0.3 is 0 Å². The Morgan fingerprint density at radius 1 is 0.606 bits per heavy atom. The van der Waals surface area contributed by atoms with Crippen molar-refractivity contribution >= 4 is 17.4 Å². The third-order valence-corrected chi connectivity index (χ3v) is 10.8. The number of aromatic nitrogens is 8. The van der Waals surface area contributed by atoms with Gasteiger partial charge in [-0.25, -0.2) is 19.9 Å². The fourth-order valence-corrected chi connectivity index (χ4v) is 7.47. The van der Waals surface area contributed by atoms with Gasteiger partial charge in [0.1, 0.15) is 34.1 Å². The first kappa shape index (κ1) is 43.6. The average Bonchev–Trinajstić information content (AvgIpc) is 4.17. The lowest BCUT2D eigenvalue weighted by atomic mass is 10.1. The fraction of sp³-hybridized carbons (Fsp3) is 0.224. The van der Waals surface area contributed by atoms with Crippen LogP contribution in [0.1, 0.15) is 34.8 Å². The molecule has 17 heteroatoms. The summed E-state index contributed by atoms with van der Waals surface area (Å²) in [7, 11) is 6.24. The van der Waals surface area contributed by atoms with Crippen molar-refractivity contribution < 1.29 is 28.4 Å². The highest BCUT2D eigenvalue weighted by Gasteiger charge is 2.19. The molecule has 0 bridgehead atoms. The van der Waals surface area contributed by atoms with E-state index in [-0.39, 0.29) is 13.6 Å². The lowest BCUT2D eigenvalue weighted by Crippen LogP contribution is -2.25. The first-order valence-electron chi connectivity index (χ1n) is 21.3. The summed E-state index contributed by atoms with van der Waals surface area (Å²) in [6.07, 6.45) is 12.8. The van der Waals surface area contributed by atoms with E-state index < -0.39 is 0 Å². The van der Waals surface area contributed by atoms with Crippen LogP contribution in [-0.4, -0.2) is 91.8 Å². The molecule has 2 aliphatic rings. The highest BCUT2D eigenvalue weighted by atomic mass is 35.5. The zero-order chi connectivity index (χ0) is 45.4. The number of halogens is 1. The van der Waals surface area contributed by atoms with Gasteiger partial charge in [-0.05, 0) is 118 Å². The molecule has 0 aliphatic carbocycles. The van der Waals surface area contributed by atoms with Gasteiger partial charge in [-0.2, -0.15) is 9.97 Å². The van der Waals surface area contributed by atoms with Gasteiger partial charge in [0.2, 0.25) is 25.3 Å². The SMILES string of the molecule is Cc1c(Oc2ccc(-n3ccnc3)cc2)nc(Cc2ccc3c(c2)OCO3)nc1N(C)CCCN(C)C.Clc1cc(Oc2ccc(-n3ccnc3)cc2)nc(Cc2ccc3c(c2)OCO3)n1. The van der Waals surface area contributed by atoms with E-state index in [9.17, 15) is 0 Å². The van der Waals surface area contributed by atoms with Crippen LogP contribution in [0.25, 0.3) is 11.4 Å². The van der Waals surface area contributed by atoms with Crippen molar-refractivity contribution in [2.45, 2.75) is 26.2 Å². The summed E-state index contributed by atoms with van der Waals surface area (Å²) in [6, 6.07) is 28.7. The number of hydrogen-bond acceptors (Lipinski definition) is 14. The molecule has 0 atom stereocenters. The number of fused-ring (bicyclic) bond motifs is 2. The normalized spacial score (nSPS) is 12.2. The highest BCUT2D eigenvalue weighted by molar-refractivity contribution is 6.29. The minimum absolute atomic E-state index is 0.240. The summed E-state index contributed by atoms with van der Waals surface area (Å²) in [5, 5.41) is 0.320. The first-order valence-corrected chi connectivity index (χ1v) is 21.6. The van der Waals surface area contributed by atoms with E-state index in [2.05, 4.69) is 50.9 Å². The summed E-state index contributed by atoms with van der Waals surface area (Å²) >= 11 is 6.18. The summed E-state index contributed by atoms with van der Waals surface area (Å²) < 4.78 is 37.8. The van der Waals surface area contributed by atoms with Gasteiger partial charge in [0.15, 0.2) is 23.0 Å². The number of benzene rings is 4. The van der Waals surface area contributed by atoms with Crippen LogP contribution in [0.15, 0.2) is 128 Å². The Hall–Kier alpha value is -7.69. The number of rotatable bonds is 15. The number of hydrogen-bond donors (Lipinski definition) is 0. The molecule has 6 heterocycles. The van der Waals surface area contributed by atoms with Crippen molar-refractivity contribution in [3.05, 3.63) is 162 Å². The number of anilines is 1. The molecule has 2 aliphatic heterocycles. The fourth-order valence-electron chi connectivity index (χ4n) is 7.28. The number of imidazole rings is 2. The molecule has 0 fully saturated rings. The van der Waals surface area contributed by atoms with Crippen LogP contribution >= 0.6 is 11.6 Å². The second kappa shape index (κ2) is 20.0. The van der Waals surface area contributed by atoms with E-state index in [0.29, 0.717) is 52.9 Å². The Labute approximate surface area is 386 Å². The van der Waals surface area contributed by atoms with Gasteiger partial charge in [0.25, 0.3) is 0 Å². The molecule has 0 spiro atoms. The molecule has 4 aromatic heterocycles. The van der Waals surface area contributed by atoms with Crippen LogP contribution in [0.3, 0.4) is 0 Å². The van der Waals surface area contributed by atoms with Crippen molar-refractivity contribution in [1.82, 2.24) is 43.9 Å². The standard InChI is InChI=1S/C28H32N6O3.C21H15ClN4O3/c1-20-27(33(4)14-5-13-32(2)3)30-26(17-21-6-11-24-25(16-21)36-19-35-24)31-28(20)37-23-9-7-22(8-10-23)34-15-12-29-18-34;22-19-11-21(29-16-4-2-15(3-5-16)26-8-7-23-12-26)25-20(24-19)10-14-1-6-17-18(9-14)28-13-27-17/h6-12,15-16,18H,5,13-14,17,19H2,1-4H3;1-9,11-12H,10,13H2. The smallest absolute Gasteiger partial charge is 0.231 e. The predicted molar refractivity (Wildman–Crippen MR) is 248 cm³/mol. The molecule has 0 amide bonds. The second-order valence-corrected chi connectivity index (χ2v) is 16.2. The van der Waals surface area contributed by atoms with Crippen molar-refractivity contribution in [2.24, 2.45) is 0 Å². The topological polar surface area (TPSA) is 149 Å². The molecule has 336 valence electrons. The van der Waals surface area contributed by atoms with Gasteiger partial charge in [-0.15, -0.1) is 0 Å². The quantitative estimate of drug-likeness (QED) is 0.0902. The van der Waals surface area contributed by atoms with Gasteiger partial charge < -0.3 is 47.4 Å². The minimum Gasteiger partial charge on any atom is -0.454 e. The Morgan fingerprint density at radius 2 is 1.15 bits per heavy atom. The second-order valence-electron chi connectivity index (χ2n) is 15.8. The van der Waals surface area contributed by atoms with Gasteiger partial charge in [0.05, 0.1) is 18.2 Å². The Kier molecular flexibility index (Phi) is 13.2. The van der Waals surface area contributed by atoms with E-state index in [1.54, 1.807) is 31.1 Å². The van der Waals surface area contributed by atoms with E-state index in [0.717, 1.165) is 76.4 Å². The van der Waals surface area contributed by atoms with Crippen LogP contribution in [0.5, 0.6) is 46.3 Å². The molecule has 0 saturated heterocycles. The zero-order valence-corrected chi connectivity index (χ0v) is 37.6. The summed E-state index contributed by atoms with van der Waals surface area (Å²) in [4.78, 5) is 31.1. The Balaban J connectivity index is 0.000000171. The third-order valence-electron chi connectivity index (χ3n) is 10.6. The Bertz CT molecular complexity index is 2880. The zero-order valence-electron chi connectivity index (χ0n) is 36.9. The van der Waals surface area contributed by atoms with Crippen molar-refractivity contribution in [1.29, 1.82) is 0 Å². The van der Waals surface area contributed by atoms with E-state index in [1.165, 1.54) is 0 Å². The summed E-state index contributed by atoms with van der Waals surface area (Å²) in [6.45, 7) is 4.38. The molecule has 0 unspecified atom stereocenters. The number of ether oxygens (including phenoxy) is 6. The van der Waals surface area contributed by atoms with Crippen LogP contribution < -0.4 is 33.3 Å². The lowest BCUT2D eigenvalue weighted by molar-refractivity contribution is 0.173. The molecular formula is C49H47ClN10O6. The molecule has 0 radical (unpaired) electrons. The van der Waals surface area contributed by atoms with E-state index in [1.807, 2.05) is 113 Å². The molecule has 8 aromatic rings. The molecule has 0 saturated carbocycles. The van der Waals surface area contributed by atoms with Crippen LogP contribution in [0.2, 0.25) is 5.15 Å². The van der Waals surface area contributed by atoms with E-state index >= 15 is 0 Å². The van der Waals surface area contributed by atoms with E-state index in [4.69, 9.17) is 50.0 Å². The third kappa shape index (κ3) is 10.8. The summed E-state index contributed by atoms with van der Waals surface area (Å²) in [5.41, 5.74) is 4.94. The Morgan fingerprint density at radius 3 is 1.70 bits per heavy atom. The predicted octanol–water partition coefficient (Wildman–Crippen LogP) is 8.90. The molecular weight excluding hydrogens is 860 g/mol. The van der Waals surface area contributed by atoms with Crippen molar-refractivity contribution in [3.63, 3.8) is 0 Å². The monoisotopic (exact) mass is 906 g/mol. The van der Waals surface area contributed by atoms with Crippen LogP contribution in [0.4, 0.5) is 5.82 Å². The molecule has 10 rings (SSSR count).